The molecule has 2 aromatic rings. The molecule has 0 atom stereocenters. The standard InChI is InChI=1S/C10H13BrN6/c1-17-6-15-16-9(17)2-3-13-10-8(11)4-7(12)5-14-10/h4-6H,2-3,12H2,1H3,(H,13,14). The van der Waals surface area contributed by atoms with Crippen LogP contribution in [0.1, 0.15) is 5.82 Å². The summed E-state index contributed by atoms with van der Waals surface area (Å²) in [7, 11) is 1.92. The summed E-state index contributed by atoms with van der Waals surface area (Å²) in [5.41, 5.74) is 6.25. The van der Waals surface area contributed by atoms with Crippen molar-refractivity contribution in [2.75, 3.05) is 17.6 Å². The number of aromatic nitrogens is 4. The molecular weight excluding hydrogens is 284 g/mol. The lowest BCUT2D eigenvalue weighted by Gasteiger charge is -2.07. The highest BCUT2D eigenvalue weighted by atomic mass is 79.9. The molecule has 17 heavy (non-hydrogen) atoms. The van der Waals surface area contributed by atoms with E-state index in [0.717, 1.165) is 29.1 Å². The van der Waals surface area contributed by atoms with Gasteiger partial charge >= 0.3 is 0 Å². The summed E-state index contributed by atoms with van der Waals surface area (Å²) >= 11 is 3.40. The predicted molar refractivity (Wildman–Crippen MR) is 69.5 cm³/mol. The third kappa shape index (κ3) is 2.94. The average molecular weight is 297 g/mol. The number of hydrogen-bond donors (Lipinski definition) is 2. The maximum absolute atomic E-state index is 5.61. The topological polar surface area (TPSA) is 81.7 Å². The maximum atomic E-state index is 5.61. The minimum absolute atomic E-state index is 0.635. The molecule has 0 radical (unpaired) electrons. The number of nitrogen functional groups attached to an aromatic ring is 1. The van der Waals surface area contributed by atoms with Gasteiger partial charge < -0.3 is 15.6 Å². The van der Waals surface area contributed by atoms with E-state index < -0.39 is 0 Å². The second kappa shape index (κ2) is 5.13. The Kier molecular flexibility index (Phi) is 3.58. The minimum Gasteiger partial charge on any atom is -0.397 e. The summed E-state index contributed by atoms with van der Waals surface area (Å²) in [6, 6.07) is 1.82. The van der Waals surface area contributed by atoms with Crippen LogP contribution in [0.4, 0.5) is 11.5 Å². The molecule has 0 aliphatic carbocycles. The van der Waals surface area contributed by atoms with Gasteiger partial charge in [-0.25, -0.2) is 4.98 Å². The van der Waals surface area contributed by atoms with E-state index in [-0.39, 0.29) is 0 Å². The molecule has 0 aromatic carbocycles. The highest BCUT2D eigenvalue weighted by Crippen LogP contribution is 2.21. The van der Waals surface area contributed by atoms with Gasteiger partial charge in [0.15, 0.2) is 0 Å². The first kappa shape index (κ1) is 11.8. The fourth-order valence-corrected chi connectivity index (χ4v) is 1.92. The number of nitrogens with two attached hydrogens (primary N) is 1. The van der Waals surface area contributed by atoms with Gasteiger partial charge in [0.1, 0.15) is 18.0 Å². The predicted octanol–water partition coefficient (Wildman–Crippen LogP) is 1.21. The van der Waals surface area contributed by atoms with Crippen LogP contribution in [0.15, 0.2) is 23.1 Å². The van der Waals surface area contributed by atoms with Crippen molar-refractivity contribution in [3.05, 3.63) is 28.9 Å². The first-order valence-corrected chi connectivity index (χ1v) is 5.94. The van der Waals surface area contributed by atoms with Crippen LogP contribution in [0.3, 0.4) is 0 Å². The zero-order valence-electron chi connectivity index (χ0n) is 9.39. The van der Waals surface area contributed by atoms with Crippen LogP contribution in [0.25, 0.3) is 0 Å². The molecule has 3 N–H and O–H groups in total. The number of anilines is 2. The quantitative estimate of drug-likeness (QED) is 0.886. The number of hydrogen-bond acceptors (Lipinski definition) is 5. The van der Waals surface area contributed by atoms with Gasteiger partial charge in [-0.15, -0.1) is 10.2 Å². The van der Waals surface area contributed by atoms with E-state index in [1.54, 1.807) is 12.5 Å². The van der Waals surface area contributed by atoms with Crippen molar-refractivity contribution in [1.29, 1.82) is 0 Å². The minimum atomic E-state index is 0.635. The van der Waals surface area contributed by atoms with Gasteiger partial charge in [0, 0.05) is 20.0 Å². The Morgan fingerprint density at radius 3 is 3.00 bits per heavy atom. The second-order valence-electron chi connectivity index (χ2n) is 3.63. The van der Waals surface area contributed by atoms with E-state index in [0.29, 0.717) is 5.69 Å². The van der Waals surface area contributed by atoms with E-state index in [9.17, 15) is 0 Å². The second-order valence-corrected chi connectivity index (χ2v) is 4.49. The van der Waals surface area contributed by atoms with Crippen LogP contribution in [0, 0.1) is 0 Å². The third-order valence-corrected chi connectivity index (χ3v) is 2.91. The fourth-order valence-electron chi connectivity index (χ4n) is 1.41. The third-order valence-electron chi connectivity index (χ3n) is 2.31. The number of halogens is 1. The highest BCUT2D eigenvalue weighted by Gasteiger charge is 2.03. The lowest BCUT2D eigenvalue weighted by Crippen LogP contribution is -2.10. The molecule has 0 unspecified atom stereocenters. The van der Waals surface area contributed by atoms with Crippen LogP contribution in [-0.2, 0) is 13.5 Å². The van der Waals surface area contributed by atoms with Crippen molar-refractivity contribution in [3.63, 3.8) is 0 Å². The summed E-state index contributed by atoms with van der Waals surface area (Å²) in [5, 5.41) is 11.0. The molecule has 0 spiro atoms. The molecule has 0 saturated heterocycles. The molecule has 6 nitrogen and oxygen atoms in total. The molecule has 0 aliphatic heterocycles. The molecule has 7 heteroatoms. The van der Waals surface area contributed by atoms with E-state index in [2.05, 4.69) is 36.4 Å². The Morgan fingerprint density at radius 1 is 1.53 bits per heavy atom. The fraction of sp³-hybridized carbons (Fsp3) is 0.300. The smallest absolute Gasteiger partial charge is 0.140 e. The number of nitrogens with one attached hydrogen (secondary N) is 1. The zero-order chi connectivity index (χ0) is 12.3. The molecule has 2 aromatic heterocycles. The molecule has 0 bridgehead atoms. The molecule has 0 saturated carbocycles. The summed E-state index contributed by atoms with van der Waals surface area (Å²) in [6.45, 7) is 0.738. The lowest BCUT2D eigenvalue weighted by molar-refractivity contribution is 0.787. The molecular formula is C10H13BrN6. The van der Waals surface area contributed by atoms with Gasteiger partial charge in [0.05, 0.1) is 16.4 Å². The number of pyridine rings is 1. The molecule has 0 aliphatic rings. The monoisotopic (exact) mass is 296 g/mol. The van der Waals surface area contributed by atoms with Crippen molar-refractivity contribution in [2.45, 2.75) is 6.42 Å². The van der Waals surface area contributed by atoms with Crippen molar-refractivity contribution >= 4 is 27.4 Å². The molecule has 2 rings (SSSR count). The van der Waals surface area contributed by atoms with Gasteiger partial charge in [-0.2, -0.15) is 0 Å². The number of nitrogens with zero attached hydrogens (tertiary/aromatic N) is 4. The number of rotatable bonds is 4. The van der Waals surface area contributed by atoms with Gasteiger partial charge in [-0.05, 0) is 22.0 Å². The molecule has 0 amide bonds. The zero-order valence-corrected chi connectivity index (χ0v) is 11.0. The van der Waals surface area contributed by atoms with Gasteiger partial charge in [-0.3, -0.25) is 0 Å². The Bertz CT molecular complexity index is 509. The van der Waals surface area contributed by atoms with Crippen molar-refractivity contribution < 1.29 is 0 Å². The van der Waals surface area contributed by atoms with E-state index >= 15 is 0 Å². The Morgan fingerprint density at radius 2 is 2.35 bits per heavy atom. The first-order valence-electron chi connectivity index (χ1n) is 5.14. The SMILES string of the molecule is Cn1cnnc1CCNc1ncc(N)cc1Br. The first-order chi connectivity index (χ1) is 8.16. The van der Waals surface area contributed by atoms with E-state index in [1.165, 1.54) is 0 Å². The van der Waals surface area contributed by atoms with Crippen LogP contribution < -0.4 is 11.1 Å². The van der Waals surface area contributed by atoms with Crippen LogP contribution >= 0.6 is 15.9 Å². The van der Waals surface area contributed by atoms with Gasteiger partial charge in [0.2, 0.25) is 0 Å². The largest absolute Gasteiger partial charge is 0.397 e. The Hall–Kier alpha value is -1.63. The van der Waals surface area contributed by atoms with Crippen molar-refractivity contribution in [2.24, 2.45) is 7.05 Å². The van der Waals surface area contributed by atoms with Crippen molar-refractivity contribution in [3.8, 4) is 0 Å². The summed E-state index contributed by atoms with van der Waals surface area (Å²) < 4.78 is 2.75. The molecule has 0 fully saturated rings. The number of aryl methyl sites for hydroxylation is 1. The van der Waals surface area contributed by atoms with E-state index in [1.807, 2.05) is 17.7 Å². The summed E-state index contributed by atoms with van der Waals surface area (Å²) in [4.78, 5) is 4.19. The van der Waals surface area contributed by atoms with Crippen molar-refractivity contribution in [1.82, 2.24) is 19.7 Å². The summed E-state index contributed by atoms with van der Waals surface area (Å²) in [6.07, 6.45) is 4.09. The lowest BCUT2D eigenvalue weighted by atomic mass is 10.3. The Balaban J connectivity index is 1.92. The maximum Gasteiger partial charge on any atom is 0.140 e. The molecule has 90 valence electrons. The van der Waals surface area contributed by atoms with Crippen LogP contribution in [0.2, 0.25) is 0 Å². The summed E-state index contributed by atoms with van der Waals surface area (Å²) in [5.74, 6) is 1.71. The van der Waals surface area contributed by atoms with Crippen LogP contribution in [0.5, 0.6) is 0 Å². The average Bonchev–Trinajstić information content (AvgIpc) is 2.68. The van der Waals surface area contributed by atoms with Gasteiger partial charge in [-0.1, -0.05) is 0 Å². The Labute approximate surface area is 107 Å². The molecule has 2 heterocycles. The van der Waals surface area contributed by atoms with Crippen LogP contribution in [-0.4, -0.2) is 26.3 Å². The van der Waals surface area contributed by atoms with Gasteiger partial charge in [0.25, 0.3) is 0 Å². The normalized spacial score (nSPS) is 10.5. The highest BCUT2D eigenvalue weighted by molar-refractivity contribution is 9.10. The van der Waals surface area contributed by atoms with E-state index in [4.69, 9.17) is 5.73 Å².